The molecule has 0 spiro atoms. The minimum Gasteiger partial charge on any atom is -0.314 e. The Morgan fingerprint density at radius 1 is 1.35 bits per heavy atom. The van der Waals surface area contributed by atoms with Crippen LogP contribution in [0.1, 0.15) is 30.0 Å². The van der Waals surface area contributed by atoms with Crippen LogP contribution in [0.15, 0.2) is 34.0 Å². The van der Waals surface area contributed by atoms with Gasteiger partial charge in [-0.1, -0.05) is 19.3 Å². The maximum atomic E-state index is 11.5. The molecule has 2 aromatic rings. The molecule has 0 atom stereocenters. The molecule has 0 saturated heterocycles. The van der Waals surface area contributed by atoms with E-state index < -0.39 is 11.2 Å². The lowest BCUT2D eigenvalue weighted by molar-refractivity contribution is 0.111. The van der Waals surface area contributed by atoms with Gasteiger partial charge < -0.3 is 4.98 Å². The number of hydrogen-bond acceptors (Lipinski definition) is 4. The lowest BCUT2D eigenvalue weighted by Crippen LogP contribution is -2.34. The molecule has 102 valence electrons. The Morgan fingerprint density at radius 3 is 2.65 bits per heavy atom. The topological polar surface area (TPSA) is 84.8 Å². The summed E-state index contributed by atoms with van der Waals surface area (Å²) >= 11 is 0. The Kier molecular flexibility index (Phi) is 5.64. The molecule has 2 radical (unpaired) electrons. The average Bonchev–Trinajstić information content (AvgIpc) is 2.44. The summed E-state index contributed by atoms with van der Waals surface area (Å²) in [7, 11) is 5.59. The van der Waals surface area contributed by atoms with E-state index in [1.807, 2.05) is 13.8 Å². The molecule has 0 aromatic carbocycles. The molecule has 2 aromatic heterocycles. The predicted molar refractivity (Wildman–Crippen MR) is 76.8 cm³/mol. The molecule has 0 unspecified atom stereocenters. The number of hydrogen-bond donors (Lipinski definition) is 1. The van der Waals surface area contributed by atoms with Crippen molar-refractivity contribution in [1.82, 2.24) is 14.5 Å². The number of nitrogens with one attached hydrogen (secondary N) is 1. The summed E-state index contributed by atoms with van der Waals surface area (Å²) in [5.74, 6) is 0. The van der Waals surface area contributed by atoms with Gasteiger partial charge in [0, 0.05) is 12.3 Å². The highest BCUT2D eigenvalue weighted by atomic mass is 16.2. The zero-order valence-corrected chi connectivity index (χ0v) is 11.3. The van der Waals surface area contributed by atoms with Gasteiger partial charge in [0.1, 0.15) is 13.5 Å². The molecule has 6 nitrogen and oxygen atoms in total. The molecule has 0 aliphatic rings. The summed E-state index contributed by atoms with van der Waals surface area (Å²) in [6, 6.07) is 4.15. The minimum atomic E-state index is -0.542. The Bertz CT molecular complexity index is 678. The second kappa shape index (κ2) is 7.23. The van der Waals surface area contributed by atoms with Gasteiger partial charge in [0.05, 0.1) is 12.2 Å². The van der Waals surface area contributed by atoms with Crippen LogP contribution in [0.5, 0.6) is 0 Å². The summed E-state index contributed by atoms with van der Waals surface area (Å²) in [6.07, 6.45) is 1.82. The largest absolute Gasteiger partial charge is 0.328 e. The average molecular weight is 271 g/mol. The van der Waals surface area contributed by atoms with Crippen molar-refractivity contribution in [3.05, 3.63) is 56.6 Å². The SMILES string of the molecule is CC.[B]c1cc(C=O)nc(Cn2c(=O)cc[nH]c2=O)c1. The van der Waals surface area contributed by atoms with E-state index >= 15 is 0 Å². The van der Waals surface area contributed by atoms with Gasteiger partial charge in [-0.2, -0.15) is 0 Å². The number of aromatic amines is 1. The van der Waals surface area contributed by atoms with Crippen molar-refractivity contribution in [2.24, 2.45) is 0 Å². The van der Waals surface area contributed by atoms with Gasteiger partial charge in [0.2, 0.25) is 0 Å². The lowest BCUT2D eigenvalue weighted by atomic mass is 9.96. The molecule has 0 bridgehead atoms. The molecule has 7 heteroatoms. The van der Waals surface area contributed by atoms with Crippen LogP contribution in [0, 0.1) is 0 Å². The van der Waals surface area contributed by atoms with Gasteiger partial charge >= 0.3 is 5.69 Å². The van der Waals surface area contributed by atoms with Crippen molar-refractivity contribution in [2.45, 2.75) is 20.4 Å². The van der Waals surface area contributed by atoms with Gasteiger partial charge in [-0.3, -0.25) is 14.2 Å². The molecule has 2 rings (SSSR count). The number of carbonyl (C=O) groups is 1. The number of pyridine rings is 1. The van der Waals surface area contributed by atoms with Crippen molar-refractivity contribution in [1.29, 1.82) is 0 Å². The Labute approximate surface area is 116 Å². The smallest absolute Gasteiger partial charge is 0.314 e. The standard InChI is InChI=1S/C11H8BN3O3.C2H6/c12-7-3-8(14-9(4-7)6-16)5-15-10(17)1-2-13-11(15)18;1-2/h1-4,6H,5H2,(H,13,18);1-2H3. The van der Waals surface area contributed by atoms with Crippen LogP contribution in [-0.2, 0) is 6.54 Å². The van der Waals surface area contributed by atoms with Crippen molar-refractivity contribution in [3.63, 3.8) is 0 Å². The van der Waals surface area contributed by atoms with Gasteiger partial charge in [-0.05, 0) is 12.1 Å². The van der Waals surface area contributed by atoms with E-state index in [2.05, 4.69) is 9.97 Å². The first-order valence-electron chi connectivity index (χ1n) is 6.10. The number of nitrogens with zero attached hydrogens (tertiary/aromatic N) is 2. The number of aldehydes is 1. The van der Waals surface area contributed by atoms with Gasteiger partial charge in [0.25, 0.3) is 5.56 Å². The van der Waals surface area contributed by atoms with Crippen LogP contribution in [0.2, 0.25) is 0 Å². The van der Waals surface area contributed by atoms with E-state index in [0.717, 1.165) is 4.57 Å². The lowest BCUT2D eigenvalue weighted by Gasteiger charge is -2.05. The van der Waals surface area contributed by atoms with Gasteiger partial charge in [0.15, 0.2) is 6.29 Å². The Hall–Kier alpha value is -2.44. The first kappa shape index (κ1) is 15.6. The second-order valence-electron chi connectivity index (χ2n) is 3.64. The fraction of sp³-hybridized carbons (Fsp3) is 0.231. The molecule has 2 heterocycles. The number of H-pyrrole nitrogens is 1. The molecule has 0 amide bonds. The van der Waals surface area contributed by atoms with E-state index in [1.54, 1.807) is 0 Å². The monoisotopic (exact) mass is 271 g/mol. The van der Waals surface area contributed by atoms with Crippen molar-refractivity contribution in [3.8, 4) is 0 Å². The highest BCUT2D eigenvalue weighted by molar-refractivity contribution is 6.32. The molecule has 20 heavy (non-hydrogen) atoms. The molecular weight excluding hydrogens is 257 g/mol. The number of carbonyl (C=O) groups excluding carboxylic acids is 1. The fourth-order valence-corrected chi connectivity index (χ4v) is 1.54. The maximum Gasteiger partial charge on any atom is 0.328 e. The normalized spacial score (nSPS) is 9.50. The van der Waals surface area contributed by atoms with Crippen LogP contribution in [0.25, 0.3) is 0 Å². The first-order valence-corrected chi connectivity index (χ1v) is 6.10. The summed E-state index contributed by atoms with van der Waals surface area (Å²) < 4.78 is 0.969. The van der Waals surface area contributed by atoms with E-state index in [9.17, 15) is 14.4 Å². The molecule has 0 aliphatic carbocycles. The number of aromatic nitrogens is 3. The van der Waals surface area contributed by atoms with Crippen molar-refractivity contribution < 1.29 is 4.79 Å². The molecule has 0 saturated carbocycles. The van der Waals surface area contributed by atoms with Crippen molar-refractivity contribution in [2.75, 3.05) is 0 Å². The Morgan fingerprint density at radius 2 is 2.05 bits per heavy atom. The highest BCUT2D eigenvalue weighted by Crippen LogP contribution is 1.95. The summed E-state index contributed by atoms with van der Waals surface area (Å²) in [6.45, 7) is 3.96. The molecular formula is C13H14BN3O3. The summed E-state index contributed by atoms with van der Waals surface area (Å²) in [5, 5.41) is 0. The summed E-state index contributed by atoms with van der Waals surface area (Å²) in [5.41, 5.74) is -0.112. The zero-order valence-electron chi connectivity index (χ0n) is 11.3. The van der Waals surface area contributed by atoms with Crippen LogP contribution < -0.4 is 16.7 Å². The van der Waals surface area contributed by atoms with Crippen LogP contribution in [0.4, 0.5) is 0 Å². The van der Waals surface area contributed by atoms with Gasteiger partial charge in [-0.15, -0.1) is 0 Å². The highest BCUT2D eigenvalue weighted by Gasteiger charge is 2.04. The predicted octanol–water partition coefficient (Wildman–Crippen LogP) is -0.388. The molecule has 0 aliphatic heterocycles. The third kappa shape index (κ3) is 3.78. The van der Waals surface area contributed by atoms with E-state index in [1.165, 1.54) is 24.4 Å². The van der Waals surface area contributed by atoms with Gasteiger partial charge in [-0.25, -0.2) is 9.78 Å². The zero-order chi connectivity index (χ0) is 15.1. The minimum absolute atomic E-state index is 0.0408. The third-order valence-corrected chi connectivity index (χ3v) is 2.31. The first-order chi connectivity index (χ1) is 9.60. The van der Waals surface area contributed by atoms with Crippen LogP contribution in [-0.4, -0.2) is 28.7 Å². The second-order valence-corrected chi connectivity index (χ2v) is 3.64. The van der Waals surface area contributed by atoms with Crippen LogP contribution in [0.3, 0.4) is 0 Å². The quantitative estimate of drug-likeness (QED) is 0.608. The Balaban J connectivity index is 0.000000956. The van der Waals surface area contributed by atoms with E-state index in [-0.39, 0.29) is 12.2 Å². The van der Waals surface area contributed by atoms with Crippen LogP contribution >= 0.6 is 0 Å². The number of rotatable bonds is 3. The third-order valence-electron chi connectivity index (χ3n) is 2.31. The molecule has 0 fully saturated rings. The maximum absolute atomic E-state index is 11.5. The van der Waals surface area contributed by atoms with E-state index in [4.69, 9.17) is 7.85 Å². The fourth-order valence-electron chi connectivity index (χ4n) is 1.54. The van der Waals surface area contributed by atoms with Crippen molar-refractivity contribution >= 4 is 19.6 Å². The summed E-state index contributed by atoms with van der Waals surface area (Å²) in [4.78, 5) is 40.0. The molecule has 1 N–H and O–H groups in total. The van der Waals surface area contributed by atoms with E-state index in [0.29, 0.717) is 17.4 Å².